The molecule has 3 aliphatic carbocycles. The van der Waals surface area contributed by atoms with Gasteiger partial charge in [0.25, 0.3) is 0 Å². The largest absolute Gasteiger partial charge is 0.508 e. The lowest BCUT2D eigenvalue weighted by Crippen LogP contribution is -2.43. The first-order valence-corrected chi connectivity index (χ1v) is 10.6. The van der Waals surface area contributed by atoms with E-state index in [0.717, 1.165) is 37.8 Å². The van der Waals surface area contributed by atoms with Gasteiger partial charge in [-0.3, -0.25) is 0 Å². The maximum atomic E-state index is 12.0. The third kappa shape index (κ3) is 3.40. The van der Waals surface area contributed by atoms with Crippen LogP contribution in [0.1, 0.15) is 76.8 Å². The molecule has 4 atom stereocenters. The van der Waals surface area contributed by atoms with E-state index in [1.165, 1.54) is 17.5 Å². The van der Waals surface area contributed by atoms with E-state index < -0.39 is 11.7 Å². The quantitative estimate of drug-likeness (QED) is 0.660. The summed E-state index contributed by atoms with van der Waals surface area (Å²) < 4.78 is 5.32. The molecule has 4 rings (SSSR count). The molecule has 0 bridgehead atoms. The minimum absolute atomic E-state index is 0.0601. The Morgan fingerprint density at radius 1 is 1.25 bits per heavy atom. The molecule has 3 aliphatic rings. The number of aryl methyl sites for hydroxylation is 1. The number of ether oxygens (including phenoxy) is 1. The van der Waals surface area contributed by atoms with Crippen molar-refractivity contribution in [2.75, 3.05) is 0 Å². The number of fused-ring (bicyclic) bond motifs is 5. The van der Waals surface area contributed by atoms with E-state index >= 15 is 0 Å². The molecule has 1 aromatic carbocycles. The number of amides is 1. The zero-order valence-corrected chi connectivity index (χ0v) is 17.4. The average molecular weight is 385 g/mol. The number of carbonyl (C=O) groups excluding carboxylic acids is 1. The van der Waals surface area contributed by atoms with Crippen molar-refractivity contribution in [2.45, 2.75) is 77.7 Å². The Kier molecular flexibility index (Phi) is 4.67. The van der Waals surface area contributed by atoms with E-state index in [4.69, 9.17) is 4.74 Å². The number of hydrogen-bond acceptors (Lipinski definition) is 4. The molecule has 0 radical (unpaired) electrons. The maximum Gasteiger partial charge on any atom is 0.428 e. The van der Waals surface area contributed by atoms with Crippen molar-refractivity contribution in [1.82, 2.24) is 5.43 Å². The molecular formula is C23H32N2O3. The molecule has 0 aliphatic heterocycles. The fourth-order valence-corrected chi connectivity index (χ4v) is 5.96. The zero-order valence-electron chi connectivity index (χ0n) is 17.4. The third-order valence-electron chi connectivity index (χ3n) is 7.13. The standard InChI is InChI=1S/C23H32N2O3/c1-22(2,3)28-21(27)25-24-20-10-9-19-18-7-5-14-13-15(26)6-8-16(14)17(18)11-12-23(19,20)4/h6,8,13,17-19,26H,5,7,9-12H2,1-4H3,(H,25,27)/t17-,18+,19+,23-/m0/s1. The van der Waals surface area contributed by atoms with Crippen LogP contribution in [0.3, 0.4) is 0 Å². The molecule has 152 valence electrons. The van der Waals surface area contributed by atoms with Crippen LogP contribution in [0.4, 0.5) is 4.79 Å². The Hall–Kier alpha value is -2.04. The first kappa shape index (κ1) is 19.3. The fraction of sp³-hybridized carbons (Fsp3) is 0.652. The topological polar surface area (TPSA) is 70.9 Å². The number of phenolic OH excluding ortho intramolecular Hbond substituents is 1. The summed E-state index contributed by atoms with van der Waals surface area (Å²) in [7, 11) is 0. The monoisotopic (exact) mass is 384 g/mol. The van der Waals surface area contributed by atoms with Crippen molar-refractivity contribution in [2.24, 2.45) is 22.4 Å². The van der Waals surface area contributed by atoms with Gasteiger partial charge >= 0.3 is 6.09 Å². The molecule has 5 heteroatoms. The number of phenols is 1. The van der Waals surface area contributed by atoms with Crippen LogP contribution in [0.15, 0.2) is 23.3 Å². The summed E-state index contributed by atoms with van der Waals surface area (Å²) in [6.45, 7) is 7.90. The van der Waals surface area contributed by atoms with Gasteiger partial charge < -0.3 is 9.84 Å². The zero-order chi connectivity index (χ0) is 20.1. The first-order chi connectivity index (χ1) is 13.2. The summed E-state index contributed by atoms with van der Waals surface area (Å²) in [6.07, 6.45) is 6.05. The van der Waals surface area contributed by atoms with E-state index in [1.807, 2.05) is 32.9 Å². The molecule has 2 saturated carbocycles. The highest BCUT2D eigenvalue weighted by Gasteiger charge is 2.53. The highest BCUT2D eigenvalue weighted by molar-refractivity contribution is 5.93. The van der Waals surface area contributed by atoms with E-state index in [9.17, 15) is 9.90 Å². The molecule has 0 heterocycles. The molecule has 0 spiro atoms. The van der Waals surface area contributed by atoms with Crippen LogP contribution >= 0.6 is 0 Å². The first-order valence-electron chi connectivity index (χ1n) is 10.6. The number of nitrogens with zero attached hydrogens (tertiary/aromatic N) is 1. The molecule has 0 saturated heterocycles. The van der Waals surface area contributed by atoms with Gasteiger partial charge in [-0.1, -0.05) is 13.0 Å². The van der Waals surface area contributed by atoms with Gasteiger partial charge in [0.05, 0.1) is 0 Å². The molecule has 0 aromatic heterocycles. The molecule has 5 nitrogen and oxygen atoms in total. The smallest absolute Gasteiger partial charge is 0.428 e. The van der Waals surface area contributed by atoms with Crippen LogP contribution in [-0.4, -0.2) is 22.5 Å². The van der Waals surface area contributed by atoms with Gasteiger partial charge in [0.1, 0.15) is 11.4 Å². The summed E-state index contributed by atoms with van der Waals surface area (Å²) in [6, 6.07) is 5.92. The highest BCUT2D eigenvalue weighted by atomic mass is 16.6. The van der Waals surface area contributed by atoms with Crippen molar-refractivity contribution in [3.63, 3.8) is 0 Å². The molecule has 1 aromatic rings. The predicted molar refractivity (Wildman–Crippen MR) is 110 cm³/mol. The molecule has 0 unspecified atom stereocenters. The summed E-state index contributed by atoms with van der Waals surface area (Å²) in [5.74, 6) is 2.22. The van der Waals surface area contributed by atoms with Crippen LogP contribution in [0, 0.1) is 17.3 Å². The lowest BCUT2D eigenvalue weighted by Gasteiger charge is -2.49. The second kappa shape index (κ2) is 6.78. The lowest BCUT2D eigenvalue weighted by atomic mass is 9.55. The van der Waals surface area contributed by atoms with Crippen LogP contribution < -0.4 is 5.43 Å². The Labute approximate surface area is 167 Å². The summed E-state index contributed by atoms with van der Waals surface area (Å²) in [5, 5.41) is 14.3. The molecular weight excluding hydrogens is 352 g/mol. The van der Waals surface area contributed by atoms with Gasteiger partial charge in [-0.15, -0.1) is 0 Å². The van der Waals surface area contributed by atoms with Crippen molar-refractivity contribution in [3.8, 4) is 5.75 Å². The second-order valence-electron chi connectivity index (χ2n) is 9.97. The number of hydrazone groups is 1. The van der Waals surface area contributed by atoms with Crippen molar-refractivity contribution >= 4 is 11.8 Å². The predicted octanol–water partition coefficient (Wildman–Crippen LogP) is 5.13. The maximum absolute atomic E-state index is 12.0. The van der Waals surface area contributed by atoms with Gasteiger partial charge in [-0.25, -0.2) is 10.2 Å². The Morgan fingerprint density at radius 2 is 2.04 bits per heavy atom. The molecule has 2 N–H and O–H groups in total. The van der Waals surface area contributed by atoms with E-state index in [0.29, 0.717) is 23.5 Å². The summed E-state index contributed by atoms with van der Waals surface area (Å²) in [4.78, 5) is 12.0. The Balaban J connectivity index is 1.52. The van der Waals surface area contributed by atoms with Gasteiger partial charge in [0.15, 0.2) is 0 Å². The molecule has 1 amide bonds. The van der Waals surface area contributed by atoms with Crippen LogP contribution in [0.2, 0.25) is 0 Å². The van der Waals surface area contributed by atoms with Crippen molar-refractivity contribution in [3.05, 3.63) is 29.3 Å². The minimum Gasteiger partial charge on any atom is -0.508 e. The van der Waals surface area contributed by atoms with Crippen LogP contribution in [0.25, 0.3) is 0 Å². The number of hydrogen-bond donors (Lipinski definition) is 2. The number of benzene rings is 1. The number of carbonyl (C=O) groups is 1. The van der Waals surface area contributed by atoms with E-state index in [-0.39, 0.29) is 5.41 Å². The van der Waals surface area contributed by atoms with Gasteiger partial charge in [0.2, 0.25) is 0 Å². The summed E-state index contributed by atoms with van der Waals surface area (Å²) >= 11 is 0. The SMILES string of the molecule is CC(C)(C)OC(=O)NN=C1CC[C@@H]2[C@@H]3CCc4cc(O)ccc4[C@@H]3CC[C@]12C. The average Bonchev–Trinajstić information content (AvgIpc) is 2.94. The number of rotatable bonds is 1. The van der Waals surface area contributed by atoms with Crippen LogP contribution in [0.5, 0.6) is 5.75 Å². The molecule has 2 fully saturated rings. The normalized spacial score (nSPS) is 33.0. The fourth-order valence-electron chi connectivity index (χ4n) is 5.96. The van der Waals surface area contributed by atoms with Gasteiger partial charge in [-0.2, -0.15) is 5.10 Å². The van der Waals surface area contributed by atoms with Crippen molar-refractivity contribution in [1.29, 1.82) is 0 Å². The minimum atomic E-state index is -0.519. The number of aromatic hydroxyl groups is 1. The second-order valence-corrected chi connectivity index (χ2v) is 9.97. The Morgan fingerprint density at radius 3 is 2.79 bits per heavy atom. The van der Waals surface area contributed by atoms with Crippen molar-refractivity contribution < 1.29 is 14.6 Å². The lowest BCUT2D eigenvalue weighted by molar-refractivity contribution is 0.0527. The third-order valence-corrected chi connectivity index (χ3v) is 7.13. The van der Waals surface area contributed by atoms with E-state index in [1.54, 1.807) is 0 Å². The highest BCUT2D eigenvalue weighted by Crippen LogP contribution is 2.59. The summed E-state index contributed by atoms with van der Waals surface area (Å²) in [5.41, 5.74) is 6.06. The van der Waals surface area contributed by atoms with E-state index in [2.05, 4.69) is 23.5 Å². The van der Waals surface area contributed by atoms with Gasteiger partial charge in [0, 0.05) is 11.1 Å². The Bertz CT molecular complexity index is 811. The molecule has 28 heavy (non-hydrogen) atoms. The number of nitrogens with one attached hydrogen (secondary N) is 1. The van der Waals surface area contributed by atoms with Gasteiger partial charge in [-0.05, 0) is 100 Å². The van der Waals surface area contributed by atoms with Crippen LogP contribution in [-0.2, 0) is 11.2 Å².